The van der Waals surface area contributed by atoms with Crippen LogP contribution in [0, 0.1) is 0 Å². The van der Waals surface area contributed by atoms with E-state index >= 15 is 0 Å². The van der Waals surface area contributed by atoms with Crippen LogP contribution in [0.3, 0.4) is 0 Å². The van der Waals surface area contributed by atoms with E-state index in [-0.39, 0.29) is 11.6 Å². The number of tetrazole rings is 1. The largest absolute Gasteiger partial charge is 0.374 e. The standard InChI is InChI=1S/C10H19N5O/c1-10(5-4-6-16-10)8(11-2)7-9-12-14-15(3)13-9/h8,11H,4-7H2,1-3H3. The topological polar surface area (TPSA) is 64.9 Å². The molecule has 2 unspecified atom stereocenters. The Kier molecular flexibility index (Phi) is 3.20. The summed E-state index contributed by atoms with van der Waals surface area (Å²) in [6.45, 7) is 3.00. The molecule has 0 spiro atoms. The Hall–Kier alpha value is -1.01. The lowest BCUT2D eigenvalue weighted by molar-refractivity contribution is -0.00994. The third-order valence-corrected chi connectivity index (χ3v) is 3.27. The molecule has 0 saturated carbocycles. The van der Waals surface area contributed by atoms with E-state index in [0.29, 0.717) is 0 Å². The van der Waals surface area contributed by atoms with Crippen molar-refractivity contribution in [1.82, 2.24) is 25.5 Å². The average molecular weight is 225 g/mol. The minimum Gasteiger partial charge on any atom is -0.374 e. The monoisotopic (exact) mass is 225 g/mol. The first-order chi connectivity index (χ1) is 7.64. The van der Waals surface area contributed by atoms with Crippen molar-refractivity contribution >= 4 is 0 Å². The van der Waals surface area contributed by atoms with E-state index in [2.05, 4.69) is 27.7 Å². The maximum atomic E-state index is 5.83. The second-order valence-electron chi connectivity index (χ2n) is 4.51. The molecule has 1 fully saturated rings. The van der Waals surface area contributed by atoms with Crippen LogP contribution in [0.15, 0.2) is 0 Å². The van der Waals surface area contributed by atoms with E-state index in [1.54, 1.807) is 7.05 Å². The van der Waals surface area contributed by atoms with Crippen molar-refractivity contribution in [2.24, 2.45) is 7.05 Å². The summed E-state index contributed by atoms with van der Waals surface area (Å²) >= 11 is 0. The maximum absolute atomic E-state index is 5.83. The fourth-order valence-electron chi connectivity index (χ4n) is 2.29. The van der Waals surface area contributed by atoms with Crippen LogP contribution < -0.4 is 5.32 Å². The Morgan fingerprint density at radius 2 is 2.44 bits per heavy atom. The molecule has 0 amide bonds. The second-order valence-corrected chi connectivity index (χ2v) is 4.51. The Morgan fingerprint density at radius 3 is 2.94 bits per heavy atom. The van der Waals surface area contributed by atoms with Gasteiger partial charge in [0.1, 0.15) is 0 Å². The fourth-order valence-corrected chi connectivity index (χ4v) is 2.29. The summed E-state index contributed by atoms with van der Waals surface area (Å²) in [5, 5.41) is 15.4. The minimum absolute atomic E-state index is 0.103. The van der Waals surface area contributed by atoms with Gasteiger partial charge in [0.05, 0.1) is 12.6 Å². The number of ether oxygens (including phenoxy) is 1. The molecule has 1 aliphatic heterocycles. The van der Waals surface area contributed by atoms with Gasteiger partial charge in [-0.1, -0.05) is 0 Å². The summed E-state index contributed by atoms with van der Waals surface area (Å²) in [6, 6.07) is 0.235. The van der Waals surface area contributed by atoms with Gasteiger partial charge in [-0.2, -0.15) is 4.80 Å². The van der Waals surface area contributed by atoms with Crippen LogP contribution in [0.1, 0.15) is 25.6 Å². The summed E-state index contributed by atoms with van der Waals surface area (Å²) < 4.78 is 5.83. The van der Waals surface area contributed by atoms with Crippen LogP contribution in [-0.4, -0.2) is 45.5 Å². The third-order valence-electron chi connectivity index (χ3n) is 3.27. The zero-order chi connectivity index (χ0) is 11.6. The van der Waals surface area contributed by atoms with Crippen molar-refractivity contribution < 1.29 is 4.74 Å². The predicted octanol–water partition coefficient (Wildman–Crippen LogP) is -0.0903. The number of aromatic nitrogens is 4. The van der Waals surface area contributed by atoms with Gasteiger partial charge in [-0.25, -0.2) is 0 Å². The Morgan fingerprint density at radius 1 is 1.62 bits per heavy atom. The van der Waals surface area contributed by atoms with E-state index in [1.807, 2.05) is 7.05 Å². The first kappa shape index (κ1) is 11.5. The molecular weight excluding hydrogens is 206 g/mol. The molecule has 1 aromatic heterocycles. The van der Waals surface area contributed by atoms with Crippen LogP contribution in [0.25, 0.3) is 0 Å². The Labute approximate surface area is 95.4 Å². The zero-order valence-corrected chi connectivity index (χ0v) is 10.1. The van der Waals surface area contributed by atoms with Gasteiger partial charge in [-0.3, -0.25) is 0 Å². The van der Waals surface area contributed by atoms with Gasteiger partial charge in [0.15, 0.2) is 5.82 Å². The van der Waals surface area contributed by atoms with Gasteiger partial charge in [-0.05, 0) is 32.0 Å². The first-order valence-electron chi connectivity index (χ1n) is 5.68. The summed E-state index contributed by atoms with van der Waals surface area (Å²) in [4.78, 5) is 1.49. The lowest BCUT2D eigenvalue weighted by atomic mass is 9.90. The van der Waals surface area contributed by atoms with Crippen molar-refractivity contribution in [2.45, 2.75) is 37.8 Å². The quantitative estimate of drug-likeness (QED) is 0.776. The molecule has 0 radical (unpaired) electrons. The van der Waals surface area contributed by atoms with Crippen molar-refractivity contribution in [2.75, 3.05) is 13.7 Å². The molecule has 1 saturated heterocycles. The lowest BCUT2D eigenvalue weighted by Gasteiger charge is -2.32. The van der Waals surface area contributed by atoms with Gasteiger partial charge >= 0.3 is 0 Å². The second kappa shape index (κ2) is 4.47. The predicted molar refractivity (Wildman–Crippen MR) is 58.9 cm³/mol. The highest BCUT2D eigenvalue weighted by atomic mass is 16.5. The van der Waals surface area contributed by atoms with E-state index in [4.69, 9.17) is 4.74 Å². The summed E-state index contributed by atoms with van der Waals surface area (Å²) in [5.74, 6) is 0.763. The molecule has 0 bridgehead atoms. The first-order valence-corrected chi connectivity index (χ1v) is 5.68. The van der Waals surface area contributed by atoms with Crippen LogP contribution in [0.4, 0.5) is 0 Å². The molecule has 1 N–H and O–H groups in total. The molecule has 0 aromatic carbocycles. The van der Waals surface area contributed by atoms with Gasteiger partial charge in [0, 0.05) is 19.1 Å². The SMILES string of the molecule is CNC(Cc1nnn(C)n1)C1(C)CCCO1. The number of hydrogen-bond acceptors (Lipinski definition) is 5. The minimum atomic E-state index is -0.103. The van der Waals surface area contributed by atoms with Gasteiger partial charge in [0.25, 0.3) is 0 Å². The number of hydrogen-bond donors (Lipinski definition) is 1. The molecule has 0 aliphatic carbocycles. The molecular formula is C10H19N5O. The highest BCUT2D eigenvalue weighted by Crippen LogP contribution is 2.29. The van der Waals surface area contributed by atoms with Crippen LogP contribution in [0.2, 0.25) is 0 Å². The molecule has 2 rings (SSSR count). The van der Waals surface area contributed by atoms with Crippen LogP contribution in [0.5, 0.6) is 0 Å². The smallest absolute Gasteiger partial charge is 0.176 e. The molecule has 6 heteroatoms. The number of aryl methyl sites for hydroxylation is 1. The molecule has 1 aromatic rings. The van der Waals surface area contributed by atoms with E-state index in [9.17, 15) is 0 Å². The van der Waals surface area contributed by atoms with Crippen molar-refractivity contribution in [1.29, 1.82) is 0 Å². The van der Waals surface area contributed by atoms with Gasteiger partial charge < -0.3 is 10.1 Å². The van der Waals surface area contributed by atoms with Gasteiger partial charge in [0.2, 0.25) is 0 Å². The molecule has 2 atom stereocenters. The maximum Gasteiger partial charge on any atom is 0.176 e. The average Bonchev–Trinajstić information content (AvgIpc) is 2.85. The highest BCUT2D eigenvalue weighted by Gasteiger charge is 2.38. The highest BCUT2D eigenvalue weighted by molar-refractivity contribution is 4.97. The van der Waals surface area contributed by atoms with Crippen molar-refractivity contribution in [3.05, 3.63) is 5.82 Å². The molecule has 2 heterocycles. The number of nitrogens with zero attached hydrogens (tertiary/aromatic N) is 4. The van der Waals surface area contributed by atoms with Gasteiger partial charge in [-0.15, -0.1) is 10.2 Å². The third kappa shape index (κ3) is 2.22. The molecule has 90 valence electrons. The Balaban J connectivity index is 2.05. The zero-order valence-electron chi connectivity index (χ0n) is 10.1. The number of nitrogens with one attached hydrogen (secondary N) is 1. The number of likely N-dealkylation sites (N-methyl/N-ethyl adjacent to an activating group) is 1. The summed E-state index contributed by atoms with van der Waals surface area (Å²) in [6.07, 6.45) is 2.96. The molecule has 16 heavy (non-hydrogen) atoms. The fraction of sp³-hybridized carbons (Fsp3) is 0.900. The summed E-state index contributed by atoms with van der Waals surface area (Å²) in [5.41, 5.74) is -0.103. The Bertz CT molecular complexity index is 345. The van der Waals surface area contributed by atoms with Crippen LogP contribution in [-0.2, 0) is 18.2 Å². The normalized spacial score (nSPS) is 27.2. The molecule has 6 nitrogen and oxygen atoms in total. The van der Waals surface area contributed by atoms with E-state index < -0.39 is 0 Å². The van der Waals surface area contributed by atoms with Crippen LogP contribution >= 0.6 is 0 Å². The van der Waals surface area contributed by atoms with Crippen molar-refractivity contribution in [3.63, 3.8) is 0 Å². The van der Waals surface area contributed by atoms with Crippen molar-refractivity contribution in [3.8, 4) is 0 Å². The molecule has 1 aliphatic rings. The lowest BCUT2D eigenvalue weighted by Crippen LogP contribution is -2.48. The summed E-state index contributed by atoms with van der Waals surface area (Å²) in [7, 11) is 3.73. The van der Waals surface area contributed by atoms with E-state index in [0.717, 1.165) is 31.7 Å². The van der Waals surface area contributed by atoms with E-state index in [1.165, 1.54) is 4.80 Å². The number of rotatable bonds is 4.